The van der Waals surface area contributed by atoms with Crippen molar-refractivity contribution in [1.29, 1.82) is 5.41 Å². The average Bonchev–Trinajstić information content (AvgIpc) is 1.65. The van der Waals surface area contributed by atoms with E-state index in [1.165, 1.54) is 48.6 Å². The summed E-state index contributed by atoms with van der Waals surface area (Å²) in [6.07, 6.45) is -5.07. The van der Waals surface area contributed by atoms with Crippen LogP contribution in [0.5, 0.6) is 5.75 Å². The van der Waals surface area contributed by atoms with Gasteiger partial charge in [-0.15, -0.1) is 0 Å². The Hall–Kier alpha value is -12.8. The maximum Gasteiger partial charge on any atom is 0.304 e. The van der Waals surface area contributed by atoms with Crippen molar-refractivity contribution in [1.82, 2.24) is 78.7 Å². The van der Waals surface area contributed by atoms with Crippen LogP contribution in [0.3, 0.4) is 0 Å². The quantitative estimate of drug-likeness (QED) is 0.0257. The Balaban J connectivity index is 1.75. The molecule has 796 valence electrons. The third-order valence-corrected chi connectivity index (χ3v) is 26.0. The lowest BCUT2D eigenvalue weighted by Crippen LogP contribution is -2.54. The molecule has 2 aromatic rings. The number of H-pyrrole nitrogens is 1. The van der Waals surface area contributed by atoms with Gasteiger partial charge in [-0.05, 0) is 137 Å². The highest BCUT2D eigenvalue weighted by atomic mass is 16.4. The first kappa shape index (κ1) is 123. The molecule has 13 amide bonds. The number of ketones is 7. The van der Waals surface area contributed by atoms with Crippen molar-refractivity contribution in [3.8, 4) is 5.75 Å². The number of Topliss-reactive ketones (excluding diaryl/α,β-unsaturated/α-hetero) is 7. The minimum atomic E-state index is -1.81. The van der Waals surface area contributed by atoms with Gasteiger partial charge in [0.05, 0.1) is 86.4 Å². The maximum atomic E-state index is 15.4. The number of aromatic hydroxyl groups is 1. The zero-order valence-corrected chi connectivity index (χ0v) is 85.3. The number of phenols is 1. The number of aromatic nitrogens is 2. The molecule has 3 heterocycles. The van der Waals surface area contributed by atoms with Crippen molar-refractivity contribution in [2.45, 2.75) is 319 Å². The zero-order chi connectivity index (χ0) is 107. The minimum Gasteiger partial charge on any atom is -0.508 e. The SMILES string of the molecule is CCNC(=O)C(CC(=O)C(NC(=O)C(CC(=O)C(CCCNC(=N)N)NC(=O)C(CCC(N)=O)CC(=O)C(CC(C)C)NC(=O)C(CC(=O)[C@@H]1CCCCNC(=O)CC(NC(=O)C(CCC(=O)O)CC(=O)[C@@H]2CCCN2C(=O)C(Cc2ccc(O)cc2)NC(=O)CNC(=O)CNC(C)=O)C(=O)CC([C@@H](C)CC)C(=O)N[C@@H](CC(C)C)C(=O)C[C@@H](CC(=O)O)C(=O)N1)Cc1cnc[nH]1)C(C)C)[C@@H](C)CC)CC(C)C. The van der Waals surface area contributed by atoms with Crippen molar-refractivity contribution in [3.63, 3.8) is 0 Å². The van der Waals surface area contributed by atoms with Gasteiger partial charge in [0.15, 0.2) is 46.4 Å². The number of amides is 13. The van der Waals surface area contributed by atoms with Crippen molar-refractivity contribution in [3.05, 3.63) is 48.0 Å². The number of primary amides is 1. The summed E-state index contributed by atoms with van der Waals surface area (Å²) in [4.78, 5) is 319. The van der Waals surface area contributed by atoms with Gasteiger partial charge in [0.2, 0.25) is 76.8 Å². The van der Waals surface area contributed by atoms with E-state index in [1.807, 2.05) is 20.8 Å². The fourth-order valence-electron chi connectivity index (χ4n) is 17.6. The topological polar surface area (TPSA) is 688 Å². The zero-order valence-electron chi connectivity index (χ0n) is 85.3. The van der Waals surface area contributed by atoms with Crippen LogP contribution in [-0.4, -0.2) is 253 Å². The largest absolute Gasteiger partial charge is 0.508 e. The van der Waals surface area contributed by atoms with E-state index in [0.29, 0.717) is 30.6 Å². The molecule has 2 fully saturated rings. The molecule has 1 aromatic carbocycles. The first-order chi connectivity index (χ1) is 67.3. The molecule has 143 heavy (non-hydrogen) atoms. The molecular weight excluding hydrogens is 1850 g/mol. The highest BCUT2D eigenvalue weighted by molar-refractivity contribution is 6.03. The number of nitrogens with one attached hydrogen (secondary N) is 14. The molecule has 0 saturated carbocycles. The Morgan fingerprint density at radius 2 is 1.20 bits per heavy atom. The van der Waals surface area contributed by atoms with E-state index in [0.717, 1.165) is 0 Å². The Morgan fingerprint density at radius 3 is 1.80 bits per heavy atom. The molecule has 17 atom stereocenters. The normalized spacial score (nSPS) is 19.2. The summed E-state index contributed by atoms with van der Waals surface area (Å²) >= 11 is 0. The Bertz CT molecular complexity index is 4690. The van der Waals surface area contributed by atoms with Crippen LogP contribution >= 0.6 is 0 Å². The first-order valence-corrected chi connectivity index (χ1v) is 50.1. The van der Waals surface area contributed by atoms with Gasteiger partial charge >= 0.3 is 11.9 Å². The van der Waals surface area contributed by atoms with E-state index in [1.54, 1.807) is 69.2 Å². The Morgan fingerprint density at radius 1 is 0.573 bits per heavy atom. The van der Waals surface area contributed by atoms with E-state index in [9.17, 15) is 102 Å². The monoisotopic (exact) mass is 2010 g/mol. The van der Waals surface area contributed by atoms with Gasteiger partial charge in [-0.1, -0.05) is 108 Å². The molecule has 11 unspecified atom stereocenters. The average molecular weight is 2010 g/mol. The number of aliphatic carboxylic acids is 2. The van der Waals surface area contributed by atoms with E-state index < -0.39 is 315 Å². The van der Waals surface area contributed by atoms with Crippen LogP contribution in [0.1, 0.15) is 269 Å². The summed E-state index contributed by atoms with van der Waals surface area (Å²) in [7, 11) is 0. The van der Waals surface area contributed by atoms with Crippen molar-refractivity contribution >= 4 is 135 Å². The number of likely N-dealkylation sites (tertiary alicyclic amines) is 1. The third-order valence-electron chi connectivity index (χ3n) is 26.0. The van der Waals surface area contributed by atoms with Gasteiger partial charge in [0.25, 0.3) is 0 Å². The molecule has 43 heteroatoms. The van der Waals surface area contributed by atoms with Crippen LogP contribution in [-0.2, 0) is 118 Å². The highest BCUT2D eigenvalue weighted by Gasteiger charge is 2.44. The summed E-state index contributed by atoms with van der Waals surface area (Å²) in [5, 5.41) is 70.0. The fraction of sp³-hybridized carbons (Fsp3) is 0.680. The molecule has 2 saturated heterocycles. The number of nitrogens with zero attached hydrogens (tertiary/aromatic N) is 2. The van der Waals surface area contributed by atoms with Gasteiger partial charge in [0, 0.05) is 145 Å². The Labute approximate surface area is 836 Å². The summed E-state index contributed by atoms with van der Waals surface area (Å²) in [5.74, 6) is -30.3. The molecule has 0 radical (unpaired) electrons. The molecule has 2 aliphatic rings. The molecule has 43 nitrogen and oxygen atoms in total. The first-order valence-electron chi connectivity index (χ1n) is 50.1. The predicted molar refractivity (Wildman–Crippen MR) is 525 cm³/mol. The lowest BCUT2D eigenvalue weighted by molar-refractivity contribution is -0.143. The number of benzene rings is 1. The summed E-state index contributed by atoms with van der Waals surface area (Å²) in [6, 6.07) is -5.72. The van der Waals surface area contributed by atoms with Crippen LogP contribution < -0.4 is 75.3 Å². The number of hydrogen-bond acceptors (Lipinski definition) is 25. The second-order valence-electron chi connectivity index (χ2n) is 39.7. The highest BCUT2D eigenvalue weighted by Crippen LogP contribution is 2.31. The molecule has 2 aliphatic heterocycles. The molecule has 21 N–H and O–H groups in total. The molecular formula is C100H156N18O25. The number of imidazole rings is 1. The minimum absolute atomic E-state index is 0.0152. The smallest absolute Gasteiger partial charge is 0.304 e. The summed E-state index contributed by atoms with van der Waals surface area (Å²) in [6.45, 7) is 23.1. The molecule has 0 aliphatic carbocycles. The van der Waals surface area contributed by atoms with Gasteiger partial charge in [0.1, 0.15) is 11.8 Å². The standard InChI is InChI=1S/C100H156N18O25/c1-15-58(12)70-48-82(125)75(115-94(138)63(28-32-89(132)133)42-83(126)77-24-21-35-118(77)99(143)76(39-61-25-29-68(120)30-26-61)111-88(131)52-109-87(130)51-108-60(14)119)49-86(129)106-33-19-18-22-71(113-96(140)66(46-90(134)135)44-80(123)74(38-56(8)9)116-98(70)142)78(121)43-65(40-67-50-104-53-110-67)95(139)114-73(37-55(6)7)79(122)41-62(27-31-85(101)128)93(137)112-72(23-20-34-107-100(102)103)81(124)47-69(57(10)11)97(141)117-91(59(13)16-2)84(127)45-64(36-54(4)5)92(136)105-17-3/h25-26,29-30,50,53-59,62-66,69-77,91,120H,15-24,27-28,31-49,51-52H2,1-14H3,(H2,101,128)(H,104,110)(H,105,136)(H,106,129)(H,108,119)(H,109,130)(H,111,131)(H,112,137)(H,113,140)(H,114,139)(H,115,138)(H,116,142)(H,117,141)(H,132,133)(H,134,135)(H4,102,103,107)/t58-,59-,62?,63?,64?,65?,66-,69?,70?,71-,72?,73?,74-,75?,76?,77-,91?/m0/s1. The van der Waals surface area contributed by atoms with Crippen molar-refractivity contribution in [2.75, 3.05) is 39.3 Å². The van der Waals surface area contributed by atoms with E-state index in [4.69, 9.17) is 16.9 Å². The van der Waals surface area contributed by atoms with Crippen LogP contribution in [0.4, 0.5) is 0 Å². The van der Waals surface area contributed by atoms with Gasteiger partial charge in [-0.25, -0.2) is 4.98 Å². The Kier molecular flexibility index (Phi) is 53.7. The number of rotatable bonds is 58. The number of hydrogen-bond donors (Lipinski definition) is 19. The number of nitrogens with two attached hydrogens (primary N) is 2. The van der Waals surface area contributed by atoms with Crippen molar-refractivity contribution in [2.24, 2.45) is 88.4 Å². The summed E-state index contributed by atoms with van der Waals surface area (Å²) in [5.41, 5.74) is 12.0. The number of carbonyl (C=O) groups excluding carboxylic acids is 20. The number of carboxylic acids is 2. The molecule has 1 aromatic heterocycles. The predicted octanol–water partition coefficient (Wildman–Crippen LogP) is 3.15. The van der Waals surface area contributed by atoms with Crippen molar-refractivity contribution < 1.29 is 121 Å². The molecule has 0 bridgehead atoms. The van der Waals surface area contributed by atoms with Gasteiger partial charge in [-0.3, -0.25) is 111 Å². The number of phenolic OH excluding ortho intramolecular Hbond substituents is 1. The van der Waals surface area contributed by atoms with Crippen LogP contribution in [0.2, 0.25) is 0 Å². The maximum absolute atomic E-state index is 15.4. The number of carbonyl (C=O) groups is 22. The summed E-state index contributed by atoms with van der Waals surface area (Å²) < 4.78 is 0. The van der Waals surface area contributed by atoms with Crippen LogP contribution in [0.15, 0.2) is 36.8 Å². The number of guanidine groups is 1. The third kappa shape index (κ3) is 44.7. The number of carboxylic acid groups (broad SMARTS) is 2. The number of aromatic amines is 1. The van der Waals surface area contributed by atoms with Gasteiger partial charge in [-0.2, -0.15) is 0 Å². The fourth-order valence-corrected chi connectivity index (χ4v) is 17.6. The second kappa shape index (κ2) is 62.6. The van der Waals surface area contributed by atoms with Crippen LogP contribution in [0, 0.1) is 82.3 Å². The van der Waals surface area contributed by atoms with E-state index >= 15 is 19.2 Å². The van der Waals surface area contributed by atoms with E-state index in [-0.39, 0.29) is 145 Å². The molecule has 4 rings (SSSR count). The lowest BCUT2D eigenvalue weighted by atomic mass is 9.83. The second-order valence-corrected chi connectivity index (χ2v) is 39.7. The van der Waals surface area contributed by atoms with E-state index in [2.05, 4.69) is 73.8 Å². The lowest BCUT2D eigenvalue weighted by Gasteiger charge is -2.30. The molecule has 0 spiro atoms. The van der Waals surface area contributed by atoms with Crippen LogP contribution in [0.25, 0.3) is 0 Å². The van der Waals surface area contributed by atoms with Gasteiger partial charge < -0.3 is 100 Å².